The first-order chi connectivity index (χ1) is 9.86. The van der Waals surface area contributed by atoms with E-state index in [0.29, 0.717) is 5.56 Å². The molecule has 2 rings (SSSR count). The topological polar surface area (TPSA) is 74.1 Å². The van der Waals surface area contributed by atoms with Crippen molar-refractivity contribution in [2.75, 3.05) is 7.05 Å². The quantitative estimate of drug-likeness (QED) is 0.857. The van der Waals surface area contributed by atoms with Gasteiger partial charge in [0, 0.05) is 18.5 Å². The summed E-state index contributed by atoms with van der Waals surface area (Å²) in [5, 5.41) is 8.84. The molecule has 0 spiro atoms. The summed E-state index contributed by atoms with van der Waals surface area (Å²) in [6.07, 6.45) is 0. The summed E-state index contributed by atoms with van der Waals surface area (Å²) in [5.74, 6) is 0. The molecular weight excluding hydrogens is 330 g/mol. The van der Waals surface area contributed by atoms with E-state index in [1.165, 1.54) is 40.9 Å². The Morgan fingerprint density at radius 1 is 1.48 bits per heavy atom. The number of aromatic nitrogens is 1. The van der Waals surface area contributed by atoms with Crippen LogP contribution in [0.4, 0.5) is 0 Å². The molecule has 0 bridgehead atoms. The zero-order chi connectivity index (χ0) is 15.6. The van der Waals surface area contributed by atoms with Crippen LogP contribution < -0.4 is 0 Å². The molecule has 0 N–H and O–H groups in total. The van der Waals surface area contributed by atoms with Crippen molar-refractivity contribution in [1.82, 2.24) is 9.29 Å². The number of hydrogen-bond acceptors (Lipinski definition) is 5. The highest BCUT2D eigenvalue weighted by atomic mass is 35.5. The highest BCUT2D eigenvalue weighted by molar-refractivity contribution is 7.89. The van der Waals surface area contributed by atoms with E-state index in [1.807, 2.05) is 13.0 Å². The van der Waals surface area contributed by atoms with Gasteiger partial charge in [-0.1, -0.05) is 11.6 Å². The molecule has 0 atom stereocenters. The second kappa shape index (κ2) is 6.12. The molecular formula is C13H12ClN3O2S2. The van der Waals surface area contributed by atoms with Gasteiger partial charge in [-0.25, -0.2) is 13.4 Å². The largest absolute Gasteiger partial charge is 0.250 e. The normalized spacial score (nSPS) is 11.6. The van der Waals surface area contributed by atoms with Crippen molar-refractivity contribution in [3.8, 4) is 6.07 Å². The number of nitrogens with zero attached hydrogens (tertiary/aromatic N) is 3. The number of hydrogen-bond donors (Lipinski definition) is 0. The minimum absolute atomic E-state index is 0.00663. The predicted octanol–water partition coefficient (Wildman–Crippen LogP) is 2.80. The molecule has 110 valence electrons. The molecule has 0 amide bonds. The Kier molecular flexibility index (Phi) is 4.64. The Hall–Kier alpha value is -1.46. The summed E-state index contributed by atoms with van der Waals surface area (Å²) in [7, 11) is -2.23. The fourth-order valence-electron chi connectivity index (χ4n) is 1.71. The molecule has 0 aliphatic carbocycles. The summed E-state index contributed by atoms with van der Waals surface area (Å²) < 4.78 is 26.3. The minimum atomic E-state index is -3.72. The summed E-state index contributed by atoms with van der Waals surface area (Å²) in [6, 6.07) is 6.06. The van der Waals surface area contributed by atoms with E-state index in [4.69, 9.17) is 16.9 Å². The maximum atomic E-state index is 12.5. The van der Waals surface area contributed by atoms with Crippen molar-refractivity contribution in [2.24, 2.45) is 0 Å². The fraction of sp³-hybridized carbons (Fsp3) is 0.231. The number of rotatable bonds is 4. The van der Waals surface area contributed by atoms with E-state index in [1.54, 1.807) is 5.51 Å². The minimum Gasteiger partial charge on any atom is -0.250 e. The smallest absolute Gasteiger partial charge is 0.244 e. The lowest BCUT2D eigenvalue weighted by Gasteiger charge is -2.17. The molecule has 21 heavy (non-hydrogen) atoms. The van der Waals surface area contributed by atoms with Gasteiger partial charge in [0.05, 0.1) is 27.9 Å². The van der Waals surface area contributed by atoms with Crippen molar-refractivity contribution >= 4 is 33.0 Å². The number of aryl methyl sites for hydroxylation is 1. The molecule has 0 radical (unpaired) electrons. The second-order valence-electron chi connectivity index (χ2n) is 4.38. The fourth-order valence-corrected chi connectivity index (χ4v) is 4.28. The van der Waals surface area contributed by atoms with Crippen LogP contribution in [0.15, 0.2) is 28.6 Å². The Morgan fingerprint density at radius 3 is 2.71 bits per heavy atom. The number of thiazole rings is 1. The summed E-state index contributed by atoms with van der Waals surface area (Å²) in [6.45, 7) is 2.07. The van der Waals surface area contributed by atoms with Crippen LogP contribution in [0.2, 0.25) is 5.02 Å². The maximum absolute atomic E-state index is 12.5. The van der Waals surface area contributed by atoms with Crippen LogP contribution in [-0.4, -0.2) is 24.8 Å². The van der Waals surface area contributed by atoms with Crippen LogP contribution in [0.1, 0.15) is 16.1 Å². The molecule has 2 aromatic rings. The van der Waals surface area contributed by atoms with Gasteiger partial charge in [0.25, 0.3) is 0 Å². The van der Waals surface area contributed by atoms with Crippen molar-refractivity contribution in [2.45, 2.75) is 18.4 Å². The standard InChI is InChI=1S/C13H12ClN3O2S2/c1-9-12(20-8-16-9)7-17(2)21(18,19)13-4-3-10(6-15)5-11(13)14/h3-5,8H,7H2,1-2H3. The number of halogens is 1. The van der Waals surface area contributed by atoms with Crippen molar-refractivity contribution < 1.29 is 8.42 Å². The Bertz CT molecular complexity index is 809. The van der Waals surface area contributed by atoms with Gasteiger partial charge < -0.3 is 0 Å². The highest BCUT2D eigenvalue weighted by Crippen LogP contribution is 2.26. The maximum Gasteiger partial charge on any atom is 0.244 e. The van der Waals surface area contributed by atoms with Gasteiger partial charge >= 0.3 is 0 Å². The lowest BCUT2D eigenvalue weighted by Crippen LogP contribution is -2.26. The van der Waals surface area contributed by atoms with Gasteiger partial charge in [0.1, 0.15) is 4.90 Å². The molecule has 1 heterocycles. The van der Waals surface area contributed by atoms with Gasteiger partial charge in [-0.05, 0) is 25.1 Å². The van der Waals surface area contributed by atoms with Gasteiger partial charge in [-0.3, -0.25) is 0 Å². The average Bonchev–Trinajstić information content (AvgIpc) is 2.83. The molecule has 0 unspecified atom stereocenters. The predicted molar refractivity (Wildman–Crippen MR) is 81.7 cm³/mol. The third-order valence-corrected chi connectivity index (χ3v) is 6.17. The molecule has 0 fully saturated rings. The van der Waals surface area contributed by atoms with E-state index in [0.717, 1.165) is 10.6 Å². The van der Waals surface area contributed by atoms with Gasteiger partial charge in [-0.2, -0.15) is 9.57 Å². The summed E-state index contributed by atoms with van der Waals surface area (Å²) in [4.78, 5) is 4.97. The van der Waals surface area contributed by atoms with E-state index >= 15 is 0 Å². The van der Waals surface area contributed by atoms with E-state index in [2.05, 4.69) is 4.98 Å². The lowest BCUT2D eigenvalue weighted by atomic mass is 10.2. The van der Waals surface area contributed by atoms with Crippen molar-refractivity contribution in [3.63, 3.8) is 0 Å². The molecule has 0 saturated heterocycles. The van der Waals surface area contributed by atoms with Gasteiger partial charge in [-0.15, -0.1) is 11.3 Å². The molecule has 0 aliphatic rings. The Labute approximate surface area is 132 Å². The van der Waals surface area contributed by atoms with Crippen molar-refractivity contribution in [3.05, 3.63) is 44.9 Å². The summed E-state index contributed by atoms with van der Waals surface area (Å²) >= 11 is 7.39. The average molecular weight is 342 g/mol. The van der Waals surface area contributed by atoms with Crippen LogP contribution in [0.3, 0.4) is 0 Å². The molecule has 1 aromatic heterocycles. The van der Waals surface area contributed by atoms with E-state index in [9.17, 15) is 8.42 Å². The van der Waals surface area contributed by atoms with E-state index < -0.39 is 10.0 Å². The first-order valence-electron chi connectivity index (χ1n) is 5.91. The third kappa shape index (κ3) is 3.24. The Morgan fingerprint density at radius 2 is 2.19 bits per heavy atom. The molecule has 0 aliphatic heterocycles. The van der Waals surface area contributed by atoms with Gasteiger partial charge in [0.2, 0.25) is 10.0 Å². The summed E-state index contributed by atoms with van der Waals surface area (Å²) in [5.41, 5.74) is 2.81. The van der Waals surface area contributed by atoms with E-state index in [-0.39, 0.29) is 16.5 Å². The Balaban J connectivity index is 2.34. The molecule has 1 aromatic carbocycles. The van der Waals surface area contributed by atoms with Crippen LogP contribution in [0.25, 0.3) is 0 Å². The number of nitriles is 1. The molecule has 5 nitrogen and oxygen atoms in total. The zero-order valence-corrected chi connectivity index (χ0v) is 13.8. The van der Waals surface area contributed by atoms with Crippen LogP contribution in [-0.2, 0) is 16.6 Å². The zero-order valence-electron chi connectivity index (χ0n) is 11.4. The first-order valence-corrected chi connectivity index (χ1v) is 8.61. The number of benzene rings is 1. The van der Waals surface area contributed by atoms with Crippen molar-refractivity contribution in [1.29, 1.82) is 5.26 Å². The molecule has 0 saturated carbocycles. The number of sulfonamides is 1. The van der Waals surface area contributed by atoms with Crippen LogP contribution >= 0.6 is 22.9 Å². The highest BCUT2D eigenvalue weighted by Gasteiger charge is 2.24. The second-order valence-corrected chi connectivity index (χ2v) is 7.74. The van der Waals surface area contributed by atoms with Crippen LogP contribution in [0, 0.1) is 18.3 Å². The lowest BCUT2D eigenvalue weighted by molar-refractivity contribution is 0.468. The SMILES string of the molecule is Cc1ncsc1CN(C)S(=O)(=O)c1ccc(C#N)cc1Cl. The van der Waals surface area contributed by atoms with Gasteiger partial charge in [0.15, 0.2) is 0 Å². The monoisotopic (exact) mass is 341 g/mol. The van der Waals surface area contributed by atoms with Crippen LogP contribution in [0.5, 0.6) is 0 Å². The third-order valence-electron chi connectivity index (χ3n) is 2.96. The molecule has 8 heteroatoms. The first kappa shape index (κ1) is 15.9.